The Bertz CT molecular complexity index is 797. The molecule has 11 heteroatoms. The van der Waals surface area contributed by atoms with Crippen LogP contribution in [0.2, 0.25) is 0 Å². The van der Waals surface area contributed by atoms with Crippen molar-refractivity contribution in [1.82, 2.24) is 15.2 Å². The van der Waals surface area contributed by atoms with Gasteiger partial charge in [0.05, 0.1) is 23.8 Å². The van der Waals surface area contributed by atoms with Gasteiger partial charge in [-0.1, -0.05) is 0 Å². The van der Waals surface area contributed by atoms with Gasteiger partial charge in [0.25, 0.3) is 0 Å². The maximum atomic E-state index is 11.9. The largest absolute Gasteiger partial charge is 0.383 e. The smallest absolute Gasteiger partial charge is 0.323 e. The predicted molar refractivity (Wildman–Crippen MR) is 104 cm³/mol. The lowest BCUT2D eigenvalue weighted by atomic mass is 10.1. The van der Waals surface area contributed by atoms with E-state index in [0.717, 1.165) is 18.8 Å². The van der Waals surface area contributed by atoms with E-state index in [1.54, 1.807) is 14.2 Å². The predicted octanol–water partition coefficient (Wildman–Crippen LogP) is 0.982. The first-order valence-electron chi connectivity index (χ1n) is 9.16. The van der Waals surface area contributed by atoms with Crippen LogP contribution in [-0.2, 0) is 9.47 Å². The molecule has 1 aliphatic rings. The van der Waals surface area contributed by atoms with Crippen LogP contribution in [0.3, 0.4) is 0 Å². The van der Waals surface area contributed by atoms with Gasteiger partial charge in [0.2, 0.25) is 5.52 Å². The highest BCUT2D eigenvalue weighted by Gasteiger charge is 2.31. The normalized spacial score (nSPS) is 15.3. The van der Waals surface area contributed by atoms with Gasteiger partial charge in [-0.05, 0) is 23.4 Å². The maximum Gasteiger partial charge on any atom is 0.323 e. The summed E-state index contributed by atoms with van der Waals surface area (Å²) in [4.78, 5) is 17.7. The Morgan fingerprint density at radius 3 is 2.32 bits per heavy atom. The highest BCUT2D eigenvalue weighted by Crippen LogP contribution is 2.40. The molecule has 0 unspecified atom stereocenters. The van der Waals surface area contributed by atoms with Crippen LogP contribution in [0, 0.1) is 10.1 Å². The number of piperazine rings is 1. The van der Waals surface area contributed by atoms with E-state index in [9.17, 15) is 10.1 Å². The van der Waals surface area contributed by atoms with Gasteiger partial charge in [0.15, 0.2) is 5.52 Å². The minimum absolute atomic E-state index is 0.0667. The third-order valence-corrected chi connectivity index (χ3v) is 4.97. The highest BCUT2D eigenvalue weighted by molar-refractivity contribution is 6.00. The number of nitro groups is 1. The summed E-state index contributed by atoms with van der Waals surface area (Å²) >= 11 is 0. The topological polar surface area (TPSA) is 110 Å². The number of benzene rings is 1. The number of fused-ring (bicyclic) bond motifs is 1. The summed E-state index contributed by atoms with van der Waals surface area (Å²) in [5, 5.41) is 19.7. The van der Waals surface area contributed by atoms with Crippen molar-refractivity contribution in [2.24, 2.45) is 0 Å². The third kappa shape index (κ3) is 4.16. The number of rotatable bonds is 9. The minimum atomic E-state index is -0.404. The molecule has 0 amide bonds. The van der Waals surface area contributed by atoms with E-state index < -0.39 is 4.92 Å². The van der Waals surface area contributed by atoms with E-state index in [1.807, 2.05) is 22.9 Å². The molecule has 1 saturated heterocycles. The lowest BCUT2D eigenvalue weighted by Gasteiger charge is -2.34. The van der Waals surface area contributed by atoms with Crippen molar-refractivity contribution in [1.29, 1.82) is 0 Å². The minimum Gasteiger partial charge on any atom is -0.383 e. The lowest BCUT2D eigenvalue weighted by molar-refractivity contribution is -0.382. The van der Waals surface area contributed by atoms with Crippen LogP contribution < -0.4 is 9.80 Å². The quantitative estimate of drug-likeness (QED) is 0.451. The van der Waals surface area contributed by atoms with Crippen molar-refractivity contribution in [2.45, 2.75) is 0 Å². The molecule has 0 bridgehead atoms. The van der Waals surface area contributed by atoms with Crippen LogP contribution in [0.25, 0.3) is 11.0 Å². The van der Waals surface area contributed by atoms with E-state index in [2.05, 4.69) is 15.2 Å². The summed E-state index contributed by atoms with van der Waals surface area (Å²) in [6.07, 6.45) is 0. The van der Waals surface area contributed by atoms with Gasteiger partial charge in [-0.15, -0.1) is 0 Å². The van der Waals surface area contributed by atoms with Crippen molar-refractivity contribution in [3.05, 3.63) is 16.2 Å². The summed E-state index contributed by atoms with van der Waals surface area (Å²) in [6.45, 7) is 5.23. The highest BCUT2D eigenvalue weighted by atomic mass is 16.6. The first kappa shape index (κ1) is 20.2. The number of nitrogens with zero attached hydrogens (tertiary/aromatic N) is 6. The van der Waals surface area contributed by atoms with Gasteiger partial charge in [0, 0.05) is 53.5 Å². The molecule has 1 aromatic carbocycles. The average Bonchev–Trinajstić information content (AvgIpc) is 3.17. The van der Waals surface area contributed by atoms with E-state index in [1.165, 1.54) is 0 Å². The van der Waals surface area contributed by atoms with Crippen LogP contribution in [0.15, 0.2) is 10.7 Å². The fraction of sp³-hybridized carbons (Fsp3) is 0.647. The Morgan fingerprint density at radius 2 is 1.75 bits per heavy atom. The Morgan fingerprint density at radius 1 is 1.14 bits per heavy atom. The number of hydrogen-bond donors (Lipinski definition) is 0. The molecular weight excluding hydrogens is 368 g/mol. The monoisotopic (exact) mass is 394 g/mol. The number of methoxy groups -OCH3 is 2. The molecule has 0 N–H and O–H groups in total. The first-order chi connectivity index (χ1) is 13.6. The number of likely N-dealkylation sites (N-methyl/N-ethyl adjacent to an activating group) is 1. The summed E-state index contributed by atoms with van der Waals surface area (Å²) in [5.74, 6) is 0. The standard InChI is InChI=1S/C17H26N6O5/c1-20-4-6-21(7-5-20)14-12-13(22(8-10-26-2)9-11-27-3)15-16(19-28-18-15)17(14)23(24)25/h12H,4-11H2,1-3H3. The molecule has 11 nitrogen and oxygen atoms in total. The van der Waals surface area contributed by atoms with Crippen molar-refractivity contribution in [2.75, 3.05) is 83.5 Å². The molecule has 0 radical (unpaired) electrons. The molecule has 28 heavy (non-hydrogen) atoms. The zero-order valence-corrected chi connectivity index (χ0v) is 16.5. The number of nitro benzene ring substituents is 1. The van der Waals surface area contributed by atoms with Crippen molar-refractivity contribution < 1.29 is 19.0 Å². The van der Waals surface area contributed by atoms with Gasteiger partial charge >= 0.3 is 5.69 Å². The molecule has 1 aliphatic heterocycles. The molecule has 0 spiro atoms. The van der Waals surface area contributed by atoms with Gasteiger partial charge < -0.3 is 24.2 Å². The van der Waals surface area contributed by atoms with Crippen LogP contribution in [-0.4, -0.2) is 93.9 Å². The summed E-state index contributed by atoms with van der Waals surface area (Å²) in [7, 11) is 5.31. The van der Waals surface area contributed by atoms with Crippen LogP contribution in [0.5, 0.6) is 0 Å². The molecule has 2 aromatic rings. The summed E-state index contributed by atoms with van der Waals surface area (Å²) in [6, 6.07) is 1.82. The second kappa shape index (κ2) is 9.13. The molecule has 0 aliphatic carbocycles. The van der Waals surface area contributed by atoms with E-state index in [4.69, 9.17) is 14.1 Å². The third-order valence-electron chi connectivity index (χ3n) is 4.97. The Kier molecular flexibility index (Phi) is 6.60. The Balaban J connectivity index is 2.10. The number of aromatic nitrogens is 2. The molecule has 2 heterocycles. The number of ether oxygens (including phenoxy) is 2. The summed E-state index contributed by atoms with van der Waals surface area (Å²) in [5.41, 5.74) is 1.73. The second-order valence-electron chi connectivity index (χ2n) is 6.74. The molecule has 0 saturated carbocycles. The number of anilines is 2. The second-order valence-corrected chi connectivity index (χ2v) is 6.74. The van der Waals surface area contributed by atoms with Crippen LogP contribution >= 0.6 is 0 Å². The van der Waals surface area contributed by atoms with Crippen molar-refractivity contribution in [3.8, 4) is 0 Å². The van der Waals surface area contributed by atoms with E-state index in [-0.39, 0.29) is 11.2 Å². The van der Waals surface area contributed by atoms with E-state index in [0.29, 0.717) is 50.6 Å². The molecular formula is C17H26N6O5. The van der Waals surface area contributed by atoms with Crippen molar-refractivity contribution >= 4 is 28.1 Å². The molecule has 0 atom stereocenters. The molecule has 154 valence electrons. The molecule has 1 fully saturated rings. The number of hydrogen-bond acceptors (Lipinski definition) is 10. The SMILES string of the molecule is COCCN(CCOC)c1cc(N2CCN(C)CC2)c([N+](=O)[O-])c2nonc12. The van der Waals surface area contributed by atoms with Gasteiger partial charge in [-0.3, -0.25) is 10.1 Å². The fourth-order valence-electron chi connectivity index (χ4n) is 3.36. The van der Waals surface area contributed by atoms with Crippen molar-refractivity contribution in [3.63, 3.8) is 0 Å². The van der Waals surface area contributed by atoms with Gasteiger partial charge in [-0.25, -0.2) is 4.63 Å². The Hall–Kier alpha value is -2.50. The van der Waals surface area contributed by atoms with Crippen LogP contribution in [0.1, 0.15) is 0 Å². The average molecular weight is 394 g/mol. The Labute approximate surface area is 162 Å². The van der Waals surface area contributed by atoms with Gasteiger partial charge in [-0.2, -0.15) is 0 Å². The van der Waals surface area contributed by atoms with Gasteiger partial charge in [0.1, 0.15) is 5.69 Å². The van der Waals surface area contributed by atoms with E-state index >= 15 is 0 Å². The summed E-state index contributed by atoms with van der Waals surface area (Å²) < 4.78 is 15.3. The zero-order chi connectivity index (χ0) is 20.1. The zero-order valence-electron chi connectivity index (χ0n) is 16.5. The maximum absolute atomic E-state index is 11.9. The fourth-order valence-corrected chi connectivity index (χ4v) is 3.36. The first-order valence-corrected chi connectivity index (χ1v) is 9.16. The lowest BCUT2D eigenvalue weighted by Crippen LogP contribution is -2.44. The molecule has 3 rings (SSSR count). The van der Waals surface area contributed by atoms with Crippen LogP contribution in [0.4, 0.5) is 17.1 Å². The molecule has 1 aromatic heterocycles.